The molecule has 2 saturated carbocycles. The largest absolute Gasteiger partial charge is 0.351 e. The number of rotatable bonds is 5. The second-order valence-electron chi connectivity index (χ2n) is 9.20. The van der Waals surface area contributed by atoms with Crippen LogP contribution >= 0.6 is 23.3 Å². The Hall–Kier alpha value is -1.71. The van der Waals surface area contributed by atoms with Crippen LogP contribution in [-0.4, -0.2) is 56.5 Å². The first-order valence-corrected chi connectivity index (χ1v) is 12.7. The minimum atomic E-state index is -0.435. The molecular formula is C22H26FN5OS2. The summed E-state index contributed by atoms with van der Waals surface area (Å²) in [6, 6.07) is 0.300. The molecule has 0 atom stereocenters. The number of fused-ring (bicyclic) bond motifs is 2. The Morgan fingerprint density at radius 2 is 2.00 bits per heavy atom. The molecule has 2 aliphatic carbocycles. The Morgan fingerprint density at radius 3 is 2.68 bits per heavy atom. The minimum Gasteiger partial charge on any atom is -0.351 e. The molecule has 2 aromatic rings. The second-order valence-corrected chi connectivity index (χ2v) is 11.6. The third-order valence-electron chi connectivity index (χ3n) is 7.02. The number of anilines is 1. The van der Waals surface area contributed by atoms with Gasteiger partial charge in [0.05, 0.1) is 22.2 Å². The molecule has 1 spiro atoms. The van der Waals surface area contributed by atoms with E-state index in [1.807, 2.05) is 30.8 Å². The van der Waals surface area contributed by atoms with E-state index < -0.39 is 5.82 Å². The highest BCUT2D eigenvalue weighted by atomic mass is 32.2. The summed E-state index contributed by atoms with van der Waals surface area (Å²) in [5.74, 6) is 0.0910. The molecule has 0 unspecified atom stereocenters. The lowest BCUT2D eigenvalue weighted by molar-refractivity contribution is 0.0755. The van der Waals surface area contributed by atoms with Crippen LogP contribution in [0.1, 0.15) is 59.3 Å². The van der Waals surface area contributed by atoms with Crippen molar-refractivity contribution in [2.24, 2.45) is 0 Å². The molecule has 4 heterocycles. The predicted octanol–water partition coefficient (Wildman–Crippen LogP) is 4.41. The molecule has 1 saturated heterocycles. The molecule has 6 nitrogen and oxygen atoms in total. The summed E-state index contributed by atoms with van der Waals surface area (Å²) in [6.45, 7) is 4.03. The summed E-state index contributed by atoms with van der Waals surface area (Å²) in [5.41, 5.74) is 1.75. The van der Waals surface area contributed by atoms with Crippen molar-refractivity contribution in [2.45, 2.75) is 62.3 Å². The SMILES string of the molecule is Cc1c(-c2nc(NC3CCN(SC4CC4)CC3)ncc2F)sc2c1C(=O)N(C)C21CC1. The fourth-order valence-corrected chi connectivity index (χ4v) is 7.55. The second kappa shape index (κ2) is 7.15. The Labute approximate surface area is 189 Å². The zero-order valence-corrected chi connectivity index (χ0v) is 19.4. The fraction of sp³-hybridized carbons (Fsp3) is 0.591. The Kier molecular flexibility index (Phi) is 4.60. The van der Waals surface area contributed by atoms with E-state index in [-0.39, 0.29) is 11.4 Å². The summed E-state index contributed by atoms with van der Waals surface area (Å²) in [4.78, 5) is 25.3. The number of amides is 1. The third-order valence-corrected chi connectivity index (χ3v) is 9.95. The van der Waals surface area contributed by atoms with Gasteiger partial charge in [-0.2, -0.15) is 0 Å². The number of aromatic nitrogens is 2. The lowest BCUT2D eigenvalue weighted by Gasteiger charge is -2.31. The molecule has 6 rings (SSSR count). The number of hydrogen-bond donors (Lipinski definition) is 1. The minimum absolute atomic E-state index is 0.0520. The quantitative estimate of drug-likeness (QED) is 0.668. The van der Waals surface area contributed by atoms with Crippen LogP contribution in [0.25, 0.3) is 10.6 Å². The molecule has 31 heavy (non-hydrogen) atoms. The number of piperidine rings is 1. The highest BCUT2D eigenvalue weighted by Gasteiger charge is 2.58. The van der Waals surface area contributed by atoms with Crippen molar-refractivity contribution in [1.82, 2.24) is 19.2 Å². The monoisotopic (exact) mass is 459 g/mol. The van der Waals surface area contributed by atoms with Gasteiger partial charge in [0.1, 0.15) is 5.69 Å². The number of nitrogens with one attached hydrogen (secondary N) is 1. The third kappa shape index (κ3) is 3.27. The molecular weight excluding hydrogens is 433 g/mol. The maximum atomic E-state index is 14.8. The smallest absolute Gasteiger partial charge is 0.255 e. The van der Waals surface area contributed by atoms with Crippen LogP contribution in [0.2, 0.25) is 0 Å². The van der Waals surface area contributed by atoms with Gasteiger partial charge < -0.3 is 10.2 Å². The van der Waals surface area contributed by atoms with Crippen molar-refractivity contribution in [1.29, 1.82) is 0 Å². The van der Waals surface area contributed by atoms with E-state index in [4.69, 9.17) is 0 Å². The van der Waals surface area contributed by atoms with Crippen LogP contribution in [0.4, 0.5) is 10.3 Å². The number of hydrogen-bond acceptors (Lipinski definition) is 7. The molecule has 1 N–H and O–H groups in total. The molecule has 2 aliphatic heterocycles. The average Bonchev–Trinajstić information content (AvgIpc) is 3.68. The Balaban J connectivity index is 1.23. The van der Waals surface area contributed by atoms with Gasteiger partial charge in [-0.25, -0.2) is 14.4 Å². The van der Waals surface area contributed by atoms with Gasteiger partial charge in [0.15, 0.2) is 5.82 Å². The summed E-state index contributed by atoms with van der Waals surface area (Å²) in [6.07, 6.45) is 7.99. The fourth-order valence-electron chi connectivity index (χ4n) is 4.79. The van der Waals surface area contributed by atoms with E-state index in [0.29, 0.717) is 17.7 Å². The predicted molar refractivity (Wildman–Crippen MR) is 122 cm³/mol. The van der Waals surface area contributed by atoms with E-state index in [2.05, 4.69) is 19.6 Å². The van der Waals surface area contributed by atoms with E-state index in [0.717, 1.165) is 64.9 Å². The van der Waals surface area contributed by atoms with E-state index in [9.17, 15) is 9.18 Å². The molecule has 9 heteroatoms. The van der Waals surface area contributed by atoms with E-state index in [1.165, 1.54) is 30.4 Å². The topological polar surface area (TPSA) is 61.4 Å². The zero-order chi connectivity index (χ0) is 21.3. The van der Waals surface area contributed by atoms with Gasteiger partial charge >= 0.3 is 0 Å². The van der Waals surface area contributed by atoms with Crippen LogP contribution < -0.4 is 5.32 Å². The average molecular weight is 460 g/mol. The highest BCUT2D eigenvalue weighted by molar-refractivity contribution is 7.97. The first-order chi connectivity index (χ1) is 15.0. The van der Waals surface area contributed by atoms with Gasteiger partial charge in [-0.15, -0.1) is 11.3 Å². The van der Waals surface area contributed by atoms with Crippen molar-refractivity contribution in [3.8, 4) is 10.6 Å². The number of carbonyl (C=O) groups is 1. The van der Waals surface area contributed by atoms with Crippen molar-refractivity contribution in [3.63, 3.8) is 0 Å². The maximum Gasteiger partial charge on any atom is 0.255 e. The van der Waals surface area contributed by atoms with Crippen LogP contribution in [0.15, 0.2) is 6.20 Å². The lowest BCUT2D eigenvalue weighted by Crippen LogP contribution is -2.36. The van der Waals surface area contributed by atoms with Crippen molar-refractivity contribution in [3.05, 3.63) is 28.0 Å². The van der Waals surface area contributed by atoms with Gasteiger partial charge in [-0.3, -0.25) is 9.10 Å². The Bertz CT molecular complexity index is 1060. The van der Waals surface area contributed by atoms with Gasteiger partial charge in [-0.05, 0) is 51.0 Å². The van der Waals surface area contributed by atoms with Crippen LogP contribution in [0.3, 0.4) is 0 Å². The first kappa shape index (κ1) is 19.9. The number of halogens is 1. The van der Waals surface area contributed by atoms with Gasteiger partial charge in [0.25, 0.3) is 5.91 Å². The number of nitrogens with zero attached hydrogens (tertiary/aromatic N) is 4. The van der Waals surface area contributed by atoms with Gasteiger partial charge in [0, 0.05) is 36.3 Å². The van der Waals surface area contributed by atoms with Crippen LogP contribution in [0.5, 0.6) is 0 Å². The summed E-state index contributed by atoms with van der Waals surface area (Å²) >= 11 is 3.54. The normalized spacial score (nSPS) is 22.9. The lowest BCUT2D eigenvalue weighted by atomic mass is 10.1. The highest BCUT2D eigenvalue weighted by Crippen LogP contribution is 2.60. The molecule has 0 aromatic carbocycles. The molecule has 0 bridgehead atoms. The van der Waals surface area contributed by atoms with Crippen molar-refractivity contribution >= 4 is 35.1 Å². The summed E-state index contributed by atoms with van der Waals surface area (Å²) in [5, 5.41) is 4.26. The molecule has 3 fully saturated rings. The molecule has 164 valence electrons. The summed E-state index contributed by atoms with van der Waals surface area (Å²) < 4.78 is 17.3. The Morgan fingerprint density at radius 1 is 1.26 bits per heavy atom. The van der Waals surface area contributed by atoms with Gasteiger partial charge in [0.2, 0.25) is 5.95 Å². The standard InChI is InChI=1S/C22H26FN5OS2/c1-12-16-19(22(7-8-22)27(2)20(16)29)30-18(12)17-15(23)11-24-21(26-17)25-13-5-9-28(10-6-13)31-14-3-4-14/h11,13-14H,3-10H2,1-2H3,(H,24,25,26). The maximum absolute atomic E-state index is 14.8. The van der Waals surface area contributed by atoms with Crippen molar-refractivity contribution < 1.29 is 9.18 Å². The van der Waals surface area contributed by atoms with Gasteiger partial charge in [-0.1, -0.05) is 11.9 Å². The first-order valence-electron chi connectivity index (χ1n) is 11.1. The zero-order valence-electron chi connectivity index (χ0n) is 17.8. The van der Waals surface area contributed by atoms with E-state index >= 15 is 0 Å². The van der Waals surface area contributed by atoms with Crippen LogP contribution in [0, 0.1) is 12.7 Å². The summed E-state index contributed by atoms with van der Waals surface area (Å²) in [7, 11) is 1.88. The molecule has 2 aromatic heterocycles. The van der Waals surface area contributed by atoms with Crippen LogP contribution in [-0.2, 0) is 5.54 Å². The molecule has 4 aliphatic rings. The molecule has 0 radical (unpaired) electrons. The van der Waals surface area contributed by atoms with Crippen molar-refractivity contribution in [2.75, 3.05) is 25.5 Å². The number of thiophene rings is 1. The molecule has 1 amide bonds. The van der Waals surface area contributed by atoms with E-state index in [1.54, 1.807) is 0 Å². The number of carbonyl (C=O) groups excluding carboxylic acids is 1.